The first-order chi connectivity index (χ1) is 24.2. The predicted octanol–water partition coefficient (Wildman–Crippen LogP) is 3.06. The van der Waals surface area contributed by atoms with E-state index in [0.717, 1.165) is 5.56 Å². The van der Waals surface area contributed by atoms with Crippen LogP contribution in [0.25, 0.3) is 0 Å². The minimum Gasteiger partial charge on any atom is -0.458 e. The topological polar surface area (TPSA) is 170 Å². The van der Waals surface area contributed by atoms with E-state index >= 15 is 0 Å². The number of ether oxygens (including phenoxy) is 1. The molecule has 4 N–H and O–H groups in total. The Bertz CT molecular complexity index is 1840. The Kier molecular flexibility index (Phi) is 11.1. The van der Waals surface area contributed by atoms with E-state index in [2.05, 4.69) is 10.6 Å². The number of aryl methyl sites for hydroxylation is 1. The van der Waals surface area contributed by atoms with Crippen molar-refractivity contribution in [3.05, 3.63) is 106 Å². The molecule has 1 aliphatic carbocycles. The van der Waals surface area contributed by atoms with Gasteiger partial charge in [-0.2, -0.15) is 0 Å². The van der Waals surface area contributed by atoms with Crippen LogP contribution in [0.5, 0.6) is 0 Å². The lowest BCUT2D eigenvalue weighted by Gasteiger charge is -2.43. The molecule has 1 aromatic heterocycles. The van der Waals surface area contributed by atoms with Crippen LogP contribution in [-0.2, 0) is 36.4 Å². The van der Waals surface area contributed by atoms with Crippen molar-refractivity contribution in [2.75, 3.05) is 13.1 Å². The molecule has 5 rings (SSSR count). The van der Waals surface area contributed by atoms with Crippen molar-refractivity contribution < 1.29 is 28.7 Å². The third-order valence-corrected chi connectivity index (χ3v) is 9.74. The van der Waals surface area contributed by atoms with Gasteiger partial charge in [-0.25, -0.2) is 4.79 Å². The standard InChI is InChI=1S/C39H47N5O7/c1-38(2,3)51-36(49)31(16-17-32(40)45)42-37(50)39(25-11-6-5-7-12-25)21-18-28(27-13-8-9-15-30(27)39)35(48)44-23-19-26(20-24-44)41-33(46)29-14-10-22-43(4)34(29)47/h5-15,22,26,28,31H,16-21,23-24H2,1-4H3,(H2,40,45)(H,41,46)(H,42,50)/t28-,31-,39+/m0/s1. The maximum atomic E-state index is 14.7. The smallest absolute Gasteiger partial charge is 0.329 e. The van der Waals surface area contributed by atoms with Gasteiger partial charge in [-0.05, 0) is 81.7 Å². The van der Waals surface area contributed by atoms with Gasteiger partial charge in [-0.1, -0.05) is 54.6 Å². The monoisotopic (exact) mass is 697 g/mol. The van der Waals surface area contributed by atoms with Crippen molar-refractivity contribution in [3.8, 4) is 0 Å². The quantitative estimate of drug-likeness (QED) is 0.274. The van der Waals surface area contributed by atoms with Crippen LogP contribution in [0, 0.1) is 0 Å². The number of piperidine rings is 1. The first kappa shape index (κ1) is 37.0. The molecule has 1 aliphatic heterocycles. The zero-order valence-corrected chi connectivity index (χ0v) is 29.6. The molecule has 12 heteroatoms. The number of nitrogens with two attached hydrogens (primary N) is 1. The molecule has 2 heterocycles. The number of carbonyl (C=O) groups is 5. The molecule has 2 aromatic carbocycles. The maximum absolute atomic E-state index is 14.7. The number of hydrogen-bond donors (Lipinski definition) is 3. The van der Waals surface area contributed by atoms with Crippen LogP contribution in [0.3, 0.4) is 0 Å². The van der Waals surface area contributed by atoms with Crippen LogP contribution < -0.4 is 21.9 Å². The number of amides is 4. The van der Waals surface area contributed by atoms with Gasteiger partial charge >= 0.3 is 5.97 Å². The van der Waals surface area contributed by atoms with Gasteiger partial charge in [-0.3, -0.25) is 24.0 Å². The van der Waals surface area contributed by atoms with Crippen molar-refractivity contribution in [2.45, 2.75) is 88.3 Å². The Morgan fingerprint density at radius 3 is 2.27 bits per heavy atom. The van der Waals surface area contributed by atoms with E-state index in [1.807, 2.05) is 59.5 Å². The molecular formula is C39H47N5O7. The fourth-order valence-electron chi connectivity index (χ4n) is 7.17. The normalized spacial score (nSPS) is 19.7. The summed E-state index contributed by atoms with van der Waals surface area (Å²) in [6.07, 6.45) is 3.16. The van der Waals surface area contributed by atoms with Crippen LogP contribution in [0.15, 0.2) is 77.7 Å². The molecule has 0 unspecified atom stereocenters. The SMILES string of the molecule is Cn1cccc(C(=O)NC2CCN(C(=O)[C@H]3CC[C@@](C(=O)N[C@@H](CCC(N)=O)C(=O)OC(C)(C)C)(c4ccccc4)c4ccccc43)CC2)c1=O. The summed E-state index contributed by atoms with van der Waals surface area (Å²) >= 11 is 0. The Morgan fingerprint density at radius 1 is 0.941 bits per heavy atom. The molecule has 0 radical (unpaired) electrons. The zero-order valence-electron chi connectivity index (χ0n) is 29.6. The van der Waals surface area contributed by atoms with Crippen molar-refractivity contribution in [2.24, 2.45) is 12.8 Å². The van der Waals surface area contributed by atoms with Crippen LogP contribution in [0.4, 0.5) is 0 Å². The highest BCUT2D eigenvalue weighted by Gasteiger charge is 2.50. The summed E-state index contributed by atoms with van der Waals surface area (Å²) in [6, 6.07) is 18.6. The number of nitrogens with one attached hydrogen (secondary N) is 2. The minimum absolute atomic E-state index is 0.0258. The van der Waals surface area contributed by atoms with E-state index in [1.165, 1.54) is 10.6 Å². The first-order valence-electron chi connectivity index (χ1n) is 17.4. The van der Waals surface area contributed by atoms with Gasteiger partial charge in [0.2, 0.25) is 17.7 Å². The Labute approximate surface area is 297 Å². The molecule has 4 amide bonds. The summed E-state index contributed by atoms with van der Waals surface area (Å²) in [5.41, 5.74) is 5.17. The van der Waals surface area contributed by atoms with Crippen LogP contribution >= 0.6 is 0 Å². The lowest BCUT2D eigenvalue weighted by atomic mass is 9.62. The minimum atomic E-state index is -1.24. The lowest BCUT2D eigenvalue weighted by Crippen LogP contribution is -2.54. The van der Waals surface area contributed by atoms with E-state index < -0.39 is 46.7 Å². The number of carbonyl (C=O) groups excluding carboxylic acids is 5. The van der Waals surface area contributed by atoms with Gasteiger partial charge < -0.3 is 30.6 Å². The zero-order chi connectivity index (χ0) is 36.9. The molecule has 3 atom stereocenters. The molecule has 1 fully saturated rings. The second-order valence-corrected chi connectivity index (χ2v) is 14.4. The summed E-state index contributed by atoms with van der Waals surface area (Å²) in [6.45, 7) is 6.04. The average molecular weight is 698 g/mol. The van der Waals surface area contributed by atoms with Gasteiger partial charge in [0, 0.05) is 38.8 Å². The summed E-state index contributed by atoms with van der Waals surface area (Å²) in [5.74, 6) is -2.70. The van der Waals surface area contributed by atoms with Crippen molar-refractivity contribution in [3.63, 3.8) is 0 Å². The molecule has 51 heavy (non-hydrogen) atoms. The van der Waals surface area contributed by atoms with E-state index in [9.17, 15) is 28.8 Å². The lowest BCUT2D eigenvalue weighted by molar-refractivity contribution is -0.159. The first-order valence-corrected chi connectivity index (χ1v) is 17.4. The second kappa shape index (κ2) is 15.3. The molecule has 0 spiro atoms. The fourth-order valence-corrected chi connectivity index (χ4v) is 7.17. The molecule has 1 saturated heterocycles. The van der Waals surface area contributed by atoms with E-state index in [-0.39, 0.29) is 42.3 Å². The highest BCUT2D eigenvalue weighted by atomic mass is 16.6. The molecule has 0 bridgehead atoms. The molecule has 2 aliphatic rings. The third-order valence-electron chi connectivity index (χ3n) is 9.74. The number of aromatic nitrogens is 1. The Morgan fingerprint density at radius 2 is 1.61 bits per heavy atom. The largest absolute Gasteiger partial charge is 0.458 e. The summed E-state index contributed by atoms with van der Waals surface area (Å²) in [7, 11) is 1.59. The Hall–Kier alpha value is -5.26. The summed E-state index contributed by atoms with van der Waals surface area (Å²) in [4.78, 5) is 81.0. The number of fused-ring (bicyclic) bond motifs is 1. The average Bonchev–Trinajstić information content (AvgIpc) is 3.10. The maximum Gasteiger partial charge on any atom is 0.329 e. The number of benzene rings is 2. The van der Waals surface area contributed by atoms with Gasteiger partial charge in [0.25, 0.3) is 11.5 Å². The van der Waals surface area contributed by atoms with Crippen molar-refractivity contribution >= 4 is 29.6 Å². The van der Waals surface area contributed by atoms with E-state index in [1.54, 1.807) is 40.1 Å². The van der Waals surface area contributed by atoms with Crippen LogP contribution in [0.2, 0.25) is 0 Å². The van der Waals surface area contributed by atoms with Gasteiger partial charge in [0.15, 0.2) is 0 Å². The van der Waals surface area contributed by atoms with E-state index in [0.29, 0.717) is 43.5 Å². The molecular weight excluding hydrogens is 650 g/mol. The number of primary amides is 1. The van der Waals surface area contributed by atoms with Crippen LogP contribution in [-0.4, -0.2) is 69.8 Å². The molecule has 3 aromatic rings. The van der Waals surface area contributed by atoms with Crippen LogP contribution in [0.1, 0.15) is 92.3 Å². The number of hydrogen-bond acceptors (Lipinski definition) is 7. The van der Waals surface area contributed by atoms with Gasteiger partial charge in [-0.15, -0.1) is 0 Å². The predicted molar refractivity (Wildman–Crippen MR) is 191 cm³/mol. The van der Waals surface area contributed by atoms with Crippen molar-refractivity contribution in [1.82, 2.24) is 20.1 Å². The highest BCUT2D eigenvalue weighted by Crippen LogP contribution is 2.48. The number of likely N-dealkylation sites (tertiary alicyclic amines) is 1. The van der Waals surface area contributed by atoms with Gasteiger partial charge in [0.05, 0.1) is 11.3 Å². The van der Waals surface area contributed by atoms with Gasteiger partial charge in [0.1, 0.15) is 17.2 Å². The number of esters is 1. The van der Waals surface area contributed by atoms with E-state index in [4.69, 9.17) is 10.5 Å². The molecule has 12 nitrogen and oxygen atoms in total. The summed E-state index contributed by atoms with van der Waals surface area (Å²) < 4.78 is 6.97. The second-order valence-electron chi connectivity index (χ2n) is 14.4. The number of pyridine rings is 1. The third kappa shape index (κ3) is 8.22. The number of rotatable bonds is 10. The summed E-state index contributed by atoms with van der Waals surface area (Å²) in [5, 5.41) is 5.88. The van der Waals surface area contributed by atoms with Crippen molar-refractivity contribution in [1.29, 1.82) is 0 Å². The fraction of sp³-hybridized carbons (Fsp3) is 0.436. The Balaban J connectivity index is 1.38. The molecule has 270 valence electrons. The highest BCUT2D eigenvalue weighted by molar-refractivity contribution is 5.97. The molecule has 0 saturated carbocycles. The number of nitrogens with zero attached hydrogens (tertiary/aromatic N) is 2.